The van der Waals surface area contributed by atoms with E-state index in [0.717, 1.165) is 0 Å². The Morgan fingerprint density at radius 1 is 0.765 bits per heavy atom. The maximum atomic E-state index is 10.4. The second kappa shape index (κ2) is 5.62. The molecule has 0 fully saturated rings. The molecule has 0 aromatic rings. The van der Waals surface area contributed by atoms with Gasteiger partial charge in [0, 0.05) is 11.3 Å². The predicted octanol–water partition coefficient (Wildman–Crippen LogP) is -0.0827. The van der Waals surface area contributed by atoms with Crippen LogP contribution >= 0.6 is 0 Å². The van der Waals surface area contributed by atoms with Crippen LogP contribution in [0.5, 0.6) is 0 Å². The summed E-state index contributed by atoms with van der Waals surface area (Å²) in [5.74, 6) is -3.52. The van der Waals surface area contributed by atoms with Crippen LogP contribution in [0.3, 0.4) is 0 Å². The molecule has 12 nitrogen and oxygen atoms in total. The van der Waals surface area contributed by atoms with E-state index in [1.54, 1.807) is 0 Å². The number of hydrogen-bond donors (Lipinski definition) is 0. The van der Waals surface area contributed by atoms with Crippen molar-refractivity contribution in [3.63, 3.8) is 0 Å². The maximum absolute atomic E-state index is 10.4. The van der Waals surface area contributed by atoms with Crippen LogP contribution in [-0.4, -0.2) is 32.0 Å². The molecule has 96 valence electrons. The summed E-state index contributed by atoms with van der Waals surface area (Å²) < 4.78 is 0. The summed E-state index contributed by atoms with van der Waals surface area (Å²) in [4.78, 5) is 35.7. The zero-order chi connectivity index (χ0) is 13.6. The molecular formula is C5H8N4O8. The van der Waals surface area contributed by atoms with E-state index in [1.807, 2.05) is 0 Å². The number of hydrogen-bond acceptors (Lipinski definition) is 8. The van der Waals surface area contributed by atoms with Gasteiger partial charge < -0.3 is 0 Å². The molecule has 0 unspecified atom stereocenters. The third-order valence-corrected chi connectivity index (χ3v) is 1.98. The first-order valence-electron chi connectivity index (χ1n) is 4.30. The van der Waals surface area contributed by atoms with E-state index in [9.17, 15) is 40.5 Å². The van der Waals surface area contributed by atoms with E-state index >= 15 is 0 Å². The fourth-order valence-corrected chi connectivity index (χ4v) is 1.08. The highest BCUT2D eigenvalue weighted by atomic mass is 16.7. The Kier molecular flexibility index (Phi) is 4.83. The number of nitrogens with zero attached hydrogens (tertiary/aromatic N) is 4. The van der Waals surface area contributed by atoms with E-state index in [1.165, 1.54) is 0 Å². The molecule has 0 amide bonds. The van der Waals surface area contributed by atoms with Crippen molar-refractivity contribution < 1.29 is 19.7 Å². The Labute approximate surface area is 92.8 Å². The van der Waals surface area contributed by atoms with Gasteiger partial charge in [0.2, 0.25) is 6.54 Å². The van der Waals surface area contributed by atoms with Gasteiger partial charge in [-0.2, -0.15) is 0 Å². The van der Waals surface area contributed by atoms with Gasteiger partial charge in [0.25, 0.3) is 0 Å². The lowest BCUT2D eigenvalue weighted by Gasteiger charge is -2.07. The highest BCUT2D eigenvalue weighted by Crippen LogP contribution is 2.20. The number of rotatable bonds is 8. The molecule has 0 saturated heterocycles. The summed E-state index contributed by atoms with van der Waals surface area (Å²) in [6, 6.07) is 0. The minimum Gasteiger partial charge on any atom is -0.265 e. The Bertz CT molecular complexity index is 318. The van der Waals surface area contributed by atoms with E-state index in [4.69, 9.17) is 0 Å². The molecule has 0 aliphatic heterocycles. The monoisotopic (exact) mass is 252 g/mol. The Morgan fingerprint density at radius 2 is 1.18 bits per heavy atom. The molecule has 0 saturated carbocycles. The van der Waals surface area contributed by atoms with E-state index in [2.05, 4.69) is 0 Å². The maximum Gasteiger partial charge on any atom is 0.699 e. The van der Waals surface area contributed by atoms with Crippen LogP contribution in [0.15, 0.2) is 0 Å². The SMILES string of the molecule is O=[N+]([O-])CCCCC([N+](=O)[O-])([N+](=O)[O-])[N+](=O)[O-]. The number of unbranched alkanes of at least 4 members (excludes halogenated alkanes) is 1. The molecule has 0 spiro atoms. The van der Waals surface area contributed by atoms with Gasteiger partial charge in [-0.15, -0.1) is 0 Å². The summed E-state index contributed by atoms with van der Waals surface area (Å²) >= 11 is 0. The number of nitro groups is 4. The van der Waals surface area contributed by atoms with Gasteiger partial charge >= 0.3 is 5.79 Å². The predicted molar refractivity (Wildman–Crippen MR) is 49.4 cm³/mol. The molecule has 0 aliphatic rings. The van der Waals surface area contributed by atoms with Crippen LogP contribution in [0.4, 0.5) is 0 Å². The van der Waals surface area contributed by atoms with Gasteiger partial charge in [-0.3, -0.25) is 40.5 Å². The van der Waals surface area contributed by atoms with Crippen LogP contribution in [0.2, 0.25) is 0 Å². The van der Waals surface area contributed by atoms with Crippen molar-refractivity contribution in [3.8, 4) is 0 Å². The first-order chi connectivity index (χ1) is 7.75. The van der Waals surface area contributed by atoms with Crippen LogP contribution in [0.1, 0.15) is 19.3 Å². The zero-order valence-electron chi connectivity index (χ0n) is 8.38. The minimum absolute atomic E-state index is 0.204. The second-order valence-corrected chi connectivity index (χ2v) is 3.06. The van der Waals surface area contributed by atoms with Crippen molar-refractivity contribution in [1.82, 2.24) is 0 Å². The van der Waals surface area contributed by atoms with Gasteiger partial charge in [-0.25, -0.2) is 0 Å². The largest absolute Gasteiger partial charge is 0.699 e. The van der Waals surface area contributed by atoms with Gasteiger partial charge in [0.05, 0.1) is 0 Å². The molecule has 12 heteroatoms. The van der Waals surface area contributed by atoms with Crippen LogP contribution < -0.4 is 0 Å². The van der Waals surface area contributed by atoms with Crippen molar-refractivity contribution in [1.29, 1.82) is 0 Å². The molecule has 0 N–H and O–H groups in total. The topological polar surface area (TPSA) is 173 Å². The van der Waals surface area contributed by atoms with Crippen LogP contribution in [-0.2, 0) is 0 Å². The van der Waals surface area contributed by atoms with Gasteiger partial charge in [-0.1, -0.05) is 0 Å². The van der Waals surface area contributed by atoms with Crippen molar-refractivity contribution in [2.45, 2.75) is 25.0 Å². The smallest absolute Gasteiger partial charge is 0.265 e. The first-order valence-corrected chi connectivity index (χ1v) is 4.30. The van der Waals surface area contributed by atoms with E-state index < -0.39 is 38.4 Å². The molecule has 0 aromatic heterocycles. The lowest BCUT2D eigenvalue weighted by atomic mass is 10.1. The van der Waals surface area contributed by atoms with E-state index in [0.29, 0.717) is 0 Å². The van der Waals surface area contributed by atoms with Crippen LogP contribution in [0.25, 0.3) is 0 Å². The van der Waals surface area contributed by atoms with Crippen molar-refractivity contribution in [3.05, 3.63) is 40.5 Å². The van der Waals surface area contributed by atoms with Crippen molar-refractivity contribution in [2.24, 2.45) is 0 Å². The molecule has 0 rings (SSSR count). The average molecular weight is 252 g/mol. The molecule has 0 aliphatic carbocycles. The lowest BCUT2D eigenvalue weighted by Crippen LogP contribution is -2.53. The summed E-state index contributed by atoms with van der Waals surface area (Å²) in [6.07, 6.45) is -1.55. The molecule has 0 bridgehead atoms. The molecule has 17 heavy (non-hydrogen) atoms. The normalized spacial score (nSPS) is 10.8. The third kappa shape index (κ3) is 3.29. The Morgan fingerprint density at radius 3 is 1.47 bits per heavy atom. The van der Waals surface area contributed by atoms with Gasteiger partial charge in [0.15, 0.2) is 21.2 Å². The van der Waals surface area contributed by atoms with Gasteiger partial charge in [0.1, 0.15) is 0 Å². The van der Waals surface area contributed by atoms with Crippen LogP contribution in [0, 0.1) is 40.5 Å². The highest BCUT2D eigenvalue weighted by Gasteiger charge is 2.69. The molecular weight excluding hydrogens is 244 g/mol. The van der Waals surface area contributed by atoms with Crippen molar-refractivity contribution >= 4 is 0 Å². The standard InChI is InChI=1S/C5H8N4O8/c10-6(11)4-2-1-3-5(7(12)13,8(14)15)9(16)17/h1-4H2. The average Bonchev–Trinajstić information content (AvgIpc) is 2.15. The fourth-order valence-electron chi connectivity index (χ4n) is 1.08. The van der Waals surface area contributed by atoms with Gasteiger partial charge in [-0.05, 0) is 6.42 Å². The molecule has 0 heterocycles. The summed E-state index contributed by atoms with van der Waals surface area (Å²) in [7, 11) is 0. The van der Waals surface area contributed by atoms with E-state index in [-0.39, 0.29) is 12.8 Å². The first kappa shape index (κ1) is 14.6. The lowest BCUT2D eigenvalue weighted by molar-refractivity contribution is -0.970. The molecule has 0 radical (unpaired) electrons. The minimum atomic E-state index is -3.52. The molecule has 0 aromatic carbocycles. The Balaban J connectivity index is 4.72. The Hall–Kier alpha value is -2.40. The highest BCUT2D eigenvalue weighted by molar-refractivity contribution is 4.54. The summed E-state index contributed by atoms with van der Waals surface area (Å²) in [6.45, 7) is -0.552. The summed E-state index contributed by atoms with van der Waals surface area (Å²) in [5, 5.41) is 41.2. The van der Waals surface area contributed by atoms with Crippen molar-refractivity contribution in [2.75, 3.05) is 6.54 Å². The summed E-state index contributed by atoms with van der Waals surface area (Å²) in [5.41, 5.74) is 0. The fraction of sp³-hybridized carbons (Fsp3) is 1.00. The third-order valence-electron chi connectivity index (χ3n) is 1.98. The second-order valence-electron chi connectivity index (χ2n) is 3.06. The molecule has 0 atom stereocenters. The quantitative estimate of drug-likeness (QED) is 0.249. The zero-order valence-corrected chi connectivity index (χ0v) is 8.38.